The van der Waals surface area contributed by atoms with Gasteiger partial charge in [-0.15, -0.1) is 0 Å². The molecule has 3 rings (SSSR count). The van der Waals surface area contributed by atoms with Crippen LogP contribution in [0.25, 0.3) is 0 Å². The van der Waals surface area contributed by atoms with Crippen molar-refractivity contribution in [2.45, 2.75) is 43.4 Å². The summed E-state index contributed by atoms with van der Waals surface area (Å²) in [5.41, 5.74) is 2.43. The van der Waals surface area contributed by atoms with Gasteiger partial charge in [0.1, 0.15) is 0 Å². The van der Waals surface area contributed by atoms with Gasteiger partial charge in [-0.3, -0.25) is 4.79 Å². The fraction of sp³-hybridized carbons (Fsp3) is 0.667. The average molecular weight is 425 g/mol. The molecule has 1 amide bonds. The van der Waals surface area contributed by atoms with Crippen molar-refractivity contribution in [3.05, 3.63) is 29.3 Å². The number of hydrogen-bond donors (Lipinski definition) is 1. The first kappa shape index (κ1) is 22.2. The Morgan fingerprint density at radius 3 is 2.66 bits per heavy atom. The van der Waals surface area contributed by atoms with Gasteiger partial charge in [-0.1, -0.05) is 6.07 Å². The molecule has 0 bridgehead atoms. The minimum Gasteiger partial charge on any atom is -0.382 e. The van der Waals surface area contributed by atoms with Gasteiger partial charge < -0.3 is 14.8 Å². The van der Waals surface area contributed by atoms with Gasteiger partial charge in [0.25, 0.3) is 0 Å². The highest BCUT2D eigenvalue weighted by Gasteiger charge is 2.32. The zero-order valence-electron chi connectivity index (χ0n) is 17.2. The third-order valence-electron chi connectivity index (χ3n) is 5.73. The van der Waals surface area contributed by atoms with Crippen LogP contribution in [-0.2, 0) is 37.1 Å². The number of carbonyl (C=O) groups excluding carboxylic acids is 1. The number of rotatable bonds is 10. The second-order valence-corrected chi connectivity index (χ2v) is 9.65. The number of fused-ring (bicyclic) bond motifs is 1. The van der Waals surface area contributed by atoms with E-state index in [-0.39, 0.29) is 11.8 Å². The molecule has 1 aliphatic carbocycles. The molecule has 1 aromatic carbocycles. The summed E-state index contributed by atoms with van der Waals surface area (Å²) < 4.78 is 37.8. The first-order chi connectivity index (χ1) is 14.0. The molecule has 1 saturated heterocycles. The van der Waals surface area contributed by atoms with Crippen LogP contribution < -0.4 is 5.32 Å². The van der Waals surface area contributed by atoms with Gasteiger partial charge in [-0.2, -0.15) is 4.31 Å². The van der Waals surface area contributed by atoms with Gasteiger partial charge in [0.15, 0.2) is 0 Å². The Labute approximate surface area is 173 Å². The third-order valence-corrected chi connectivity index (χ3v) is 7.62. The van der Waals surface area contributed by atoms with E-state index < -0.39 is 10.0 Å². The van der Waals surface area contributed by atoms with Gasteiger partial charge in [0, 0.05) is 39.3 Å². The number of aryl methyl sites for hydroxylation is 2. The molecule has 7 nitrogen and oxygen atoms in total. The minimum atomic E-state index is -3.49. The zero-order valence-corrected chi connectivity index (χ0v) is 18.0. The van der Waals surface area contributed by atoms with Gasteiger partial charge >= 0.3 is 0 Å². The lowest BCUT2D eigenvalue weighted by Crippen LogP contribution is -2.43. The summed E-state index contributed by atoms with van der Waals surface area (Å²) in [6.07, 6.45) is 4.95. The summed E-state index contributed by atoms with van der Waals surface area (Å²) in [4.78, 5) is 12.7. The van der Waals surface area contributed by atoms with Crippen molar-refractivity contribution in [1.29, 1.82) is 0 Å². The maximum absolute atomic E-state index is 13.0. The van der Waals surface area contributed by atoms with Crippen LogP contribution >= 0.6 is 0 Å². The van der Waals surface area contributed by atoms with Crippen molar-refractivity contribution in [2.24, 2.45) is 5.92 Å². The van der Waals surface area contributed by atoms with E-state index in [4.69, 9.17) is 9.47 Å². The fourth-order valence-corrected chi connectivity index (χ4v) is 5.51. The number of sulfonamides is 1. The maximum atomic E-state index is 13.0. The van der Waals surface area contributed by atoms with Crippen molar-refractivity contribution < 1.29 is 22.7 Å². The molecule has 1 fully saturated rings. The largest absolute Gasteiger partial charge is 0.382 e. The number of hydrogen-bond acceptors (Lipinski definition) is 5. The molecular formula is C21H32N2O5S. The number of nitrogens with one attached hydrogen (secondary N) is 1. The number of carbonyl (C=O) groups is 1. The molecule has 2 aliphatic rings. The summed E-state index contributed by atoms with van der Waals surface area (Å²) in [5, 5.41) is 2.94. The summed E-state index contributed by atoms with van der Waals surface area (Å²) in [7, 11) is -1.86. The standard InChI is InChI=1S/C21H32N2O5S/c1-27-14-15-28-13-3-10-22-21(24)18-8-11-23(12-9-18)29(25,26)20-7-6-17-4-2-5-19(17)16-20/h6-7,16,18H,2-5,8-15H2,1H3,(H,22,24). The third kappa shape index (κ3) is 5.78. The molecule has 8 heteroatoms. The van der Waals surface area contributed by atoms with Crippen LogP contribution in [0.3, 0.4) is 0 Å². The molecule has 0 saturated carbocycles. The average Bonchev–Trinajstić information content (AvgIpc) is 3.21. The lowest BCUT2D eigenvalue weighted by atomic mass is 9.97. The van der Waals surface area contributed by atoms with Crippen LogP contribution in [0.15, 0.2) is 23.1 Å². The Morgan fingerprint density at radius 2 is 1.90 bits per heavy atom. The van der Waals surface area contributed by atoms with E-state index in [2.05, 4.69) is 5.32 Å². The molecule has 29 heavy (non-hydrogen) atoms. The fourth-order valence-electron chi connectivity index (χ4n) is 3.99. The lowest BCUT2D eigenvalue weighted by molar-refractivity contribution is -0.126. The monoisotopic (exact) mass is 424 g/mol. The van der Waals surface area contributed by atoms with Gasteiger partial charge in [-0.05, 0) is 61.8 Å². The topological polar surface area (TPSA) is 84.9 Å². The molecule has 0 aromatic heterocycles. The Hall–Kier alpha value is -1.48. The first-order valence-electron chi connectivity index (χ1n) is 10.5. The molecule has 0 atom stereocenters. The molecule has 0 spiro atoms. The molecule has 0 unspecified atom stereocenters. The number of amides is 1. The van der Waals surface area contributed by atoms with Crippen molar-refractivity contribution in [1.82, 2.24) is 9.62 Å². The Kier molecular flexibility index (Phi) is 8.06. The van der Waals surface area contributed by atoms with Crippen LogP contribution in [0.5, 0.6) is 0 Å². The molecule has 162 valence electrons. The van der Waals surface area contributed by atoms with E-state index in [0.29, 0.717) is 57.2 Å². The molecule has 0 radical (unpaired) electrons. The highest BCUT2D eigenvalue weighted by Crippen LogP contribution is 2.28. The highest BCUT2D eigenvalue weighted by molar-refractivity contribution is 7.89. The maximum Gasteiger partial charge on any atom is 0.243 e. The Morgan fingerprint density at radius 1 is 1.14 bits per heavy atom. The van der Waals surface area contributed by atoms with Crippen LogP contribution in [-0.4, -0.2) is 65.2 Å². The van der Waals surface area contributed by atoms with Crippen LogP contribution in [0.4, 0.5) is 0 Å². The summed E-state index contributed by atoms with van der Waals surface area (Å²) >= 11 is 0. The second-order valence-electron chi connectivity index (χ2n) is 7.71. The van der Waals surface area contributed by atoms with Crippen molar-refractivity contribution in [2.75, 3.05) is 46.6 Å². The van der Waals surface area contributed by atoms with Crippen molar-refractivity contribution >= 4 is 15.9 Å². The van der Waals surface area contributed by atoms with Crippen LogP contribution in [0.2, 0.25) is 0 Å². The van der Waals surface area contributed by atoms with Gasteiger partial charge in [0.05, 0.1) is 18.1 Å². The summed E-state index contributed by atoms with van der Waals surface area (Å²) in [6, 6.07) is 5.52. The van der Waals surface area contributed by atoms with Gasteiger partial charge in [0.2, 0.25) is 15.9 Å². The molecule has 1 heterocycles. The Bertz CT molecular complexity index is 788. The van der Waals surface area contributed by atoms with E-state index in [0.717, 1.165) is 31.2 Å². The van der Waals surface area contributed by atoms with Crippen LogP contribution in [0, 0.1) is 5.92 Å². The molecule has 1 aliphatic heterocycles. The van der Waals surface area contributed by atoms with Crippen molar-refractivity contribution in [3.8, 4) is 0 Å². The van der Waals surface area contributed by atoms with E-state index in [1.54, 1.807) is 13.2 Å². The molecule has 1 aromatic rings. The SMILES string of the molecule is COCCOCCCNC(=O)C1CCN(S(=O)(=O)c2ccc3c(c2)CCC3)CC1. The van der Waals surface area contributed by atoms with E-state index >= 15 is 0 Å². The number of nitrogens with zero attached hydrogens (tertiary/aromatic N) is 1. The number of ether oxygens (including phenoxy) is 2. The van der Waals surface area contributed by atoms with Gasteiger partial charge in [-0.25, -0.2) is 8.42 Å². The second kappa shape index (κ2) is 10.5. The zero-order chi connectivity index (χ0) is 20.7. The van der Waals surface area contributed by atoms with Crippen molar-refractivity contribution in [3.63, 3.8) is 0 Å². The van der Waals surface area contributed by atoms with Crippen LogP contribution in [0.1, 0.15) is 36.8 Å². The minimum absolute atomic E-state index is 0.0106. The van der Waals surface area contributed by atoms with E-state index in [1.165, 1.54) is 9.87 Å². The first-order valence-corrected chi connectivity index (χ1v) is 11.9. The smallest absolute Gasteiger partial charge is 0.243 e. The number of methoxy groups -OCH3 is 1. The molecular weight excluding hydrogens is 392 g/mol. The highest BCUT2D eigenvalue weighted by atomic mass is 32.2. The summed E-state index contributed by atoms with van der Waals surface area (Å²) in [5.74, 6) is -0.118. The predicted octanol–water partition coefficient (Wildman–Crippen LogP) is 1.75. The predicted molar refractivity (Wildman–Crippen MR) is 110 cm³/mol. The quantitative estimate of drug-likeness (QED) is 0.579. The number of piperidine rings is 1. The van der Waals surface area contributed by atoms with E-state index in [9.17, 15) is 13.2 Å². The van der Waals surface area contributed by atoms with E-state index in [1.807, 2.05) is 12.1 Å². The Balaban J connectivity index is 1.43. The normalized spacial score (nSPS) is 18.0. The number of benzene rings is 1. The molecule has 1 N–H and O–H groups in total. The summed E-state index contributed by atoms with van der Waals surface area (Å²) in [6.45, 7) is 3.05. The lowest BCUT2D eigenvalue weighted by Gasteiger charge is -2.30.